The number of benzene rings is 4. The number of nitrogens with one attached hydrogen (secondary N) is 1. The highest BCUT2D eigenvalue weighted by atomic mass is 35.5. The highest BCUT2D eigenvalue weighted by molar-refractivity contribution is 7.07. The number of hydrogen-bond acceptors (Lipinski definition) is 8. The minimum Gasteiger partial charge on any atom is -0.284 e. The number of rotatable bonds is 10. The molecular weight excluding hydrogens is 718 g/mol. The van der Waals surface area contributed by atoms with Gasteiger partial charge in [-0.2, -0.15) is 5.10 Å². The molecule has 16 heteroatoms. The van der Waals surface area contributed by atoms with Crippen LogP contribution in [0.25, 0.3) is 28.3 Å². The van der Waals surface area contributed by atoms with E-state index in [0.717, 1.165) is 15.9 Å². The Labute approximate surface area is 309 Å². The van der Waals surface area contributed by atoms with E-state index in [-0.39, 0.29) is 23.6 Å². The van der Waals surface area contributed by atoms with Crippen LogP contribution in [-0.2, 0) is 24.8 Å². The van der Waals surface area contributed by atoms with E-state index in [4.69, 9.17) is 11.6 Å². The van der Waals surface area contributed by atoms with E-state index >= 15 is 0 Å². The zero-order valence-electron chi connectivity index (χ0n) is 28.3. The van der Waals surface area contributed by atoms with Gasteiger partial charge < -0.3 is 0 Å². The molecule has 14 nitrogen and oxygen atoms in total. The first kappa shape index (κ1) is 34.9. The summed E-state index contributed by atoms with van der Waals surface area (Å²) in [5.41, 5.74) is 5.60. The normalized spacial score (nSPS) is 11.6. The van der Waals surface area contributed by atoms with Crippen molar-refractivity contribution in [1.82, 2.24) is 33.7 Å². The molecule has 0 radical (unpaired) electrons. The average molecular weight is 748 g/mol. The molecule has 4 aromatic carbocycles. The fraction of sp³-hybridized carbons (Fsp3) is 0.108. The number of nitro benzene ring substituents is 1. The SMILES string of the molecule is Cc1c(-n2c(Cc3ccc(Cl)cc3)nn(CC(=O)N/N=c3/scc(-c4ccc([N+](=O)[O-])cc4)n3-c3ccccc3)c2=O)c(=O)n(-c2ccccc2)n1C. The van der Waals surface area contributed by atoms with Gasteiger partial charge in [-0.15, -0.1) is 16.4 Å². The molecule has 0 aliphatic carbocycles. The molecule has 266 valence electrons. The van der Waals surface area contributed by atoms with Gasteiger partial charge in [0.25, 0.3) is 17.2 Å². The van der Waals surface area contributed by atoms with Crippen LogP contribution >= 0.6 is 22.9 Å². The second kappa shape index (κ2) is 14.6. The third-order valence-corrected chi connectivity index (χ3v) is 9.67. The zero-order chi connectivity index (χ0) is 37.2. The third kappa shape index (κ3) is 6.90. The minimum absolute atomic E-state index is 0.0364. The van der Waals surface area contributed by atoms with E-state index < -0.39 is 28.6 Å². The molecule has 0 saturated carbocycles. The predicted molar refractivity (Wildman–Crippen MR) is 201 cm³/mol. The molecular formula is C37H30ClN9O5S. The Morgan fingerprint density at radius 3 is 2.19 bits per heavy atom. The van der Waals surface area contributed by atoms with Crippen LogP contribution in [0.1, 0.15) is 17.1 Å². The van der Waals surface area contributed by atoms with Crippen molar-refractivity contribution in [3.05, 3.63) is 172 Å². The second-order valence-corrected chi connectivity index (χ2v) is 13.2. The molecule has 0 spiro atoms. The maximum absolute atomic E-state index is 14.1. The number of halogens is 1. The van der Waals surface area contributed by atoms with Gasteiger partial charge in [-0.1, -0.05) is 60.1 Å². The van der Waals surface area contributed by atoms with Gasteiger partial charge in [-0.05, 0) is 66.6 Å². The number of nitrogens with zero attached hydrogens (tertiary/aromatic N) is 8. The predicted octanol–water partition coefficient (Wildman–Crippen LogP) is 5.14. The number of aromatic nitrogens is 6. The number of hydrogen-bond donors (Lipinski definition) is 1. The van der Waals surface area contributed by atoms with Crippen molar-refractivity contribution in [1.29, 1.82) is 0 Å². The van der Waals surface area contributed by atoms with Crippen molar-refractivity contribution in [2.75, 3.05) is 0 Å². The number of carbonyl (C=O) groups excluding carboxylic acids is 1. The molecule has 1 N–H and O–H groups in total. The minimum atomic E-state index is -0.675. The van der Waals surface area contributed by atoms with Gasteiger partial charge in [0.2, 0.25) is 4.80 Å². The fourth-order valence-corrected chi connectivity index (χ4v) is 6.94. The summed E-state index contributed by atoms with van der Waals surface area (Å²) < 4.78 is 7.22. The van der Waals surface area contributed by atoms with Gasteiger partial charge in [0.05, 0.1) is 22.0 Å². The van der Waals surface area contributed by atoms with E-state index in [1.54, 1.807) is 67.2 Å². The average Bonchev–Trinajstić information content (AvgIpc) is 3.79. The smallest absolute Gasteiger partial charge is 0.284 e. The number of non-ortho nitro benzene ring substituents is 1. The van der Waals surface area contributed by atoms with Crippen LogP contribution in [0.5, 0.6) is 0 Å². The Morgan fingerprint density at radius 2 is 1.55 bits per heavy atom. The lowest BCUT2D eigenvalue weighted by atomic mass is 10.1. The van der Waals surface area contributed by atoms with Crippen molar-refractivity contribution >= 4 is 34.5 Å². The van der Waals surface area contributed by atoms with E-state index in [1.807, 2.05) is 58.5 Å². The van der Waals surface area contributed by atoms with Crippen LogP contribution in [0.3, 0.4) is 0 Å². The second-order valence-electron chi connectivity index (χ2n) is 11.9. The summed E-state index contributed by atoms with van der Waals surface area (Å²) in [5.74, 6) is -0.382. The lowest BCUT2D eigenvalue weighted by Gasteiger charge is -2.09. The zero-order valence-corrected chi connectivity index (χ0v) is 29.9. The topological polar surface area (TPSA) is 156 Å². The molecule has 0 unspecified atom stereocenters. The molecule has 0 bridgehead atoms. The standard InChI is InChI=1S/C37H30ClN9O5S/c1-24-34(35(49)46(42(24)2)29-11-7-4-8-12-29)45-32(21-25-13-17-27(38)18-14-25)41-43(37(45)50)22-33(48)39-40-36-44(28-9-5-3-6-10-28)31(23-53-36)26-15-19-30(20-16-26)47(51)52/h3-20,23H,21-22H2,1-2H3,(H,39,48)/b40-36+. The molecule has 0 atom stereocenters. The van der Waals surface area contributed by atoms with Gasteiger partial charge in [0, 0.05) is 41.7 Å². The van der Waals surface area contributed by atoms with Crippen LogP contribution in [0.4, 0.5) is 5.69 Å². The first-order valence-corrected chi connectivity index (χ1v) is 17.5. The Balaban J connectivity index is 1.25. The highest BCUT2D eigenvalue weighted by Gasteiger charge is 2.25. The summed E-state index contributed by atoms with van der Waals surface area (Å²) in [6.45, 7) is 1.25. The van der Waals surface area contributed by atoms with Crippen molar-refractivity contribution in [2.24, 2.45) is 12.1 Å². The monoisotopic (exact) mass is 747 g/mol. The highest BCUT2D eigenvalue weighted by Crippen LogP contribution is 2.25. The molecule has 7 aromatic rings. The Morgan fingerprint density at radius 1 is 0.906 bits per heavy atom. The molecule has 0 aliphatic heterocycles. The van der Waals surface area contributed by atoms with Gasteiger partial charge in [-0.25, -0.2) is 24.2 Å². The van der Waals surface area contributed by atoms with Crippen molar-refractivity contribution in [3.63, 3.8) is 0 Å². The van der Waals surface area contributed by atoms with Crippen molar-refractivity contribution < 1.29 is 9.72 Å². The van der Waals surface area contributed by atoms with E-state index in [9.17, 15) is 24.5 Å². The van der Waals surface area contributed by atoms with Crippen molar-refractivity contribution in [3.8, 4) is 28.3 Å². The first-order valence-electron chi connectivity index (χ1n) is 16.2. The number of para-hydroxylation sites is 2. The number of nitro groups is 1. The van der Waals surface area contributed by atoms with Crippen LogP contribution in [0.15, 0.2) is 129 Å². The summed E-state index contributed by atoms with van der Waals surface area (Å²) in [6.07, 6.45) is 0.169. The van der Waals surface area contributed by atoms with Crippen LogP contribution in [-0.4, -0.2) is 39.1 Å². The van der Waals surface area contributed by atoms with E-state index in [1.165, 1.54) is 32.7 Å². The Kier molecular flexibility index (Phi) is 9.58. The van der Waals surface area contributed by atoms with Crippen molar-refractivity contribution in [2.45, 2.75) is 19.9 Å². The largest absolute Gasteiger partial charge is 0.351 e. The molecule has 0 fully saturated rings. The van der Waals surface area contributed by atoms with Gasteiger partial charge >= 0.3 is 5.69 Å². The molecule has 3 aromatic heterocycles. The van der Waals surface area contributed by atoms with Crippen LogP contribution < -0.4 is 21.5 Å². The van der Waals surface area contributed by atoms with Crippen LogP contribution in [0, 0.1) is 17.0 Å². The molecule has 0 aliphatic rings. The Bertz CT molecular complexity index is 2650. The quantitative estimate of drug-likeness (QED) is 0.151. The lowest BCUT2D eigenvalue weighted by Crippen LogP contribution is -2.34. The summed E-state index contributed by atoms with van der Waals surface area (Å²) in [4.78, 5) is 52.7. The molecule has 7 rings (SSSR count). The number of carbonyl (C=O) groups is 1. The van der Waals surface area contributed by atoms with E-state index in [0.29, 0.717) is 32.5 Å². The summed E-state index contributed by atoms with van der Waals surface area (Å²) in [7, 11) is 1.73. The van der Waals surface area contributed by atoms with E-state index in [2.05, 4.69) is 15.6 Å². The first-order chi connectivity index (χ1) is 25.6. The number of amides is 1. The Hall–Kier alpha value is -6.58. The van der Waals surface area contributed by atoms with Gasteiger partial charge in [0.15, 0.2) is 0 Å². The number of thiazole rings is 1. The fourth-order valence-electron chi connectivity index (χ4n) is 5.94. The van der Waals surface area contributed by atoms with Gasteiger partial charge in [-0.3, -0.25) is 29.0 Å². The summed E-state index contributed by atoms with van der Waals surface area (Å²) in [6, 6.07) is 31.6. The maximum atomic E-state index is 14.1. The molecule has 3 heterocycles. The summed E-state index contributed by atoms with van der Waals surface area (Å²) in [5, 5.41) is 22.5. The summed E-state index contributed by atoms with van der Waals surface area (Å²) >= 11 is 7.37. The third-order valence-electron chi connectivity index (χ3n) is 8.60. The van der Waals surface area contributed by atoms with Gasteiger partial charge in [0.1, 0.15) is 18.1 Å². The molecule has 1 amide bonds. The van der Waals surface area contributed by atoms with Crippen LogP contribution in [0.2, 0.25) is 5.02 Å². The maximum Gasteiger partial charge on any atom is 0.351 e. The molecule has 0 saturated heterocycles. The molecule has 53 heavy (non-hydrogen) atoms. The lowest BCUT2D eigenvalue weighted by molar-refractivity contribution is -0.384.